The maximum atomic E-state index is 13.5. The second-order valence-corrected chi connectivity index (χ2v) is 7.94. The molecule has 0 aromatic heterocycles. The fourth-order valence-corrected chi connectivity index (χ4v) is 3.88. The first-order chi connectivity index (χ1) is 11.3. The number of rotatable bonds is 3. The second kappa shape index (κ2) is 6.51. The fourth-order valence-electron chi connectivity index (χ4n) is 2.35. The lowest BCUT2D eigenvalue weighted by Crippen LogP contribution is -2.24. The van der Waals surface area contributed by atoms with Gasteiger partial charge in [-0.2, -0.15) is 8.42 Å². The maximum Gasteiger partial charge on any atom is 0.297 e. The molecule has 0 saturated carbocycles. The van der Waals surface area contributed by atoms with E-state index in [1.54, 1.807) is 12.1 Å². The van der Waals surface area contributed by atoms with E-state index < -0.39 is 22.0 Å². The van der Waals surface area contributed by atoms with Gasteiger partial charge in [0.15, 0.2) is 17.6 Å². The van der Waals surface area contributed by atoms with Crippen LogP contribution in [0, 0.1) is 5.82 Å². The molecule has 0 amide bonds. The quantitative estimate of drug-likeness (QED) is 0.677. The zero-order chi connectivity index (χ0) is 17.5. The molecular weight excluding hydrogens is 427 g/mol. The third-order valence-electron chi connectivity index (χ3n) is 3.43. The van der Waals surface area contributed by atoms with E-state index in [1.165, 1.54) is 6.07 Å². The van der Waals surface area contributed by atoms with E-state index in [4.69, 9.17) is 21.1 Å². The molecule has 0 spiro atoms. The SMILES string of the molecule is COS(=O)(=O)c1ccc(Br)cc1[C@@H]1COc2c(Cl)cc(F)cc2O1. The van der Waals surface area contributed by atoms with Crippen LogP contribution in [-0.4, -0.2) is 22.1 Å². The van der Waals surface area contributed by atoms with Crippen LogP contribution in [-0.2, 0) is 14.3 Å². The van der Waals surface area contributed by atoms with Gasteiger partial charge in [0, 0.05) is 16.1 Å². The van der Waals surface area contributed by atoms with Crippen molar-refractivity contribution in [1.82, 2.24) is 0 Å². The maximum absolute atomic E-state index is 13.5. The lowest BCUT2D eigenvalue weighted by molar-refractivity contribution is 0.0887. The molecule has 0 radical (unpaired) electrons. The molecule has 0 aliphatic carbocycles. The van der Waals surface area contributed by atoms with Crippen LogP contribution in [0.25, 0.3) is 0 Å². The fraction of sp³-hybridized carbons (Fsp3) is 0.200. The van der Waals surface area contributed by atoms with Crippen molar-refractivity contribution in [2.75, 3.05) is 13.7 Å². The molecule has 0 saturated heterocycles. The molecule has 24 heavy (non-hydrogen) atoms. The van der Waals surface area contributed by atoms with Crippen LogP contribution in [0.1, 0.15) is 11.7 Å². The summed E-state index contributed by atoms with van der Waals surface area (Å²) in [5, 5.41) is 0.0856. The molecule has 1 heterocycles. The summed E-state index contributed by atoms with van der Waals surface area (Å²) >= 11 is 9.22. The minimum atomic E-state index is -3.95. The number of fused-ring (bicyclic) bond motifs is 1. The van der Waals surface area contributed by atoms with Crippen molar-refractivity contribution in [3.63, 3.8) is 0 Å². The Morgan fingerprint density at radius 3 is 2.79 bits per heavy atom. The van der Waals surface area contributed by atoms with Crippen molar-refractivity contribution < 1.29 is 26.5 Å². The Morgan fingerprint density at radius 2 is 2.08 bits per heavy atom. The van der Waals surface area contributed by atoms with E-state index in [0.717, 1.165) is 19.2 Å². The molecular formula is C15H11BrClFO5S. The number of benzene rings is 2. The molecule has 5 nitrogen and oxygen atoms in total. The highest BCUT2D eigenvalue weighted by Gasteiger charge is 2.30. The third kappa shape index (κ3) is 3.23. The number of hydrogen-bond acceptors (Lipinski definition) is 5. The van der Waals surface area contributed by atoms with Crippen molar-refractivity contribution in [2.45, 2.75) is 11.0 Å². The van der Waals surface area contributed by atoms with E-state index in [1.807, 2.05) is 0 Å². The van der Waals surface area contributed by atoms with E-state index in [0.29, 0.717) is 10.0 Å². The number of halogens is 3. The summed E-state index contributed by atoms with van der Waals surface area (Å²) in [6.07, 6.45) is -0.771. The summed E-state index contributed by atoms with van der Waals surface area (Å²) in [7, 11) is -2.87. The molecule has 0 fully saturated rings. The van der Waals surface area contributed by atoms with Gasteiger partial charge in [-0.3, -0.25) is 4.18 Å². The molecule has 1 aliphatic heterocycles. The van der Waals surface area contributed by atoms with Crippen molar-refractivity contribution in [3.05, 3.63) is 51.2 Å². The van der Waals surface area contributed by atoms with E-state index in [2.05, 4.69) is 20.1 Å². The predicted molar refractivity (Wildman–Crippen MR) is 88.6 cm³/mol. The van der Waals surface area contributed by atoms with Crippen LogP contribution in [0.15, 0.2) is 39.7 Å². The average molecular weight is 438 g/mol. The Kier molecular flexibility index (Phi) is 4.74. The Morgan fingerprint density at radius 1 is 1.33 bits per heavy atom. The van der Waals surface area contributed by atoms with Gasteiger partial charge in [0.05, 0.1) is 12.1 Å². The molecule has 3 rings (SSSR count). The van der Waals surface area contributed by atoms with Gasteiger partial charge in [-0.1, -0.05) is 27.5 Å². The lowest BCUT2D eigenvalue weighted by atomic mass is 10.1. The van der Waals surface area contributed by atoms with Crippen LogP contribution < -0.4 is 9.47 Å². The first kappa shape index (κ1) is 17.5. The smallest absolute Gasteiger partial charge is 0.297 e. The summed E-state index contributed by atoms with van der Waals surface area (Å²) in [6.45, 7) is 0.0149. The van der Waals surface area contributed by atoms with Gasteiger partial charge in [0.25, 0.3) is 10.1 Å². The normalized spacial score (nSPS) is 16.9. The average Bonchev–Trinajstić information content (AvgIpc) is 2.53. The summed E-state index contributed by atoms with van der Waals surface area (Å²) in [4.78, 5) is -0.0484. The Labute approximate surface area is 151 Å². The van der Waals surface area contributed by atoms with Gasteiger partial charge >= 0.3 is 0 Å². The van der Waals surface area contributed by atoms with Gasteiger partial charge in [-0.15, -0.1) is 0 Å². The van der Waals surface area contributed by atoms with E-state index in [-0.39, 0.29) is 28.0 Å². The highest BCUT2D eigenvalue weighted by molar-refractivity contribution is 9.10. The largest absolute Gasteiger partial charge is 0.484 e. The summed E-state index contributed by atoms with van der Waals surface area (Å²) in [5.74, 6) is -0.251. The van der Waals surface area contributed by atoms with Crippen molar-refractivity contribution in [1.29, 1.82) is 0 Å². The first-order valence-corrected chi connectivity index (χ1v) is 9.28. The zero-order valence-electron chi connectivity index (χ0n) is 12.3. The van der Waals surface area contributed by atoms with Gasteiger partial charge in [-0.25, -0.2) is 4.39 Å². The standard InChI is InChI=1S/C15H11BrClFO5S/c1-21-24(19,20)14-3-2-8(16)4-10(14)13-7-22-15-11(17)5-9(18)6-12(15)23-13/h2-6,13H,7H2,1H3/t13-/m0/s1. The molecule has 9 heteroatoms. The highest BCUT2D eigenvalue weighted by atomic mass is 79.9. The van der Waals surface area contributed by atoms with Gasteiger partial charge in [0.2, 0.25) is 0 Å². The van der Waals surface area contributed by atoms with E-state index in [9.17, 15) is 12.8 Å². The highest BCUT2D eigenvalue weighted by Crippen LogP contribution is 2.43. The first-order valence-electron chi connectivity index (χ1n) is 6.70. The van der Waals surface area contributed by atoms with Crippen LogP contribution in [0.3, 0.4) is 0 Å². The molecule has 2 aromatic carbocycles. The number of hydrogen-bond donors (Lipinski definition) is 0. The van der Waals surface area contributed by atoms with Gasteiger partial charge in [-0.05, 0) is 24.3 Å². The minimum absolute atomic E-state index is 0.0149. The van der Waals surface area contributed by atoms with Crippen LogP contribution in [0.2, 0.25) is 5.02 Å². The number of ether oxygens (including phenoxy) is 2. The summed E-state index contributed by atoms with van der Waals surface area (Å²) in [6, 6.07) is 6.81. The minimum Gasteiger partial charge on any atom is -0.484 e. The lowest BCUT2D eigenvalue weighted by Gasteiger charge is -2.28. The Hall–Kier alpha value is -1.35. The summed E-state index contributed by atoms with van der Waals surface area (Å²) < 4.78 is 54.3. The van der Waals surface area contributed by atoms with Crippen molar-refractivity contribution in [3.8, 4) is 11.5 Å². The summed E-state index contributed by atoms with van der Waals surface area (Å²) in [5.41, 5.74) is 0.331. The van der Waals surface area contributed by atoms with Gasteiger partial charge in [0.1, 0.15) is 17.3 Å². The van der Waals surface area contributed by atoms with Crippen molar-refractivity contribution in [2.24, 2.45) is 0 Å². The zero-order valence-corrected chi connectivity index (χ0v) is 15.4. The topological polar surface area (TPSA) is 61.8 Å². The molecule has 0 bridgehead atoms. The molecule has 0 unspecified atom stereocenters. The predicted octanol–water partition coefficient (Wildman–Crippen LogP) is 4.09. The van der Waals surface area contributed by atoms with Crippen LogP contribution in [0.5, 0.6) is 11.5 Å². The van der Waals surface area contributed by atoms with Crippen LogP contribution in [0.4, 0.5) is 4.39 Å². The molecule has 1 atom stereocenters. The van der Waals surface area contributed by atoms with E-state index >= 15 is 0 Å². The molecule has 1 aliphatic rings. The van der Waals surface area contributed by atoms with Crippen LogP contribution >= 0.6 is 27.5 Å². The van der Waals surface area contributed by atoms with Gasteiger partial charge < -0.3 is 9.47 Å². The van der Waals surface area contributed by atoms with Crippen molar-refractivity contribution >= 4 is 37.6 Å². The second-order valence-electron chi connectivity index (χ2n) is 4.94. The third-order valence-corrected chi connectivity index (χ3v) is 5.55. The monoisotopic (exact) mass is 436 g/mol. The Balaban J connectivity index is 2.06. The molecule has 2 aromatic rings. The molecule has 0 N–H and O–H groups in total. The Bertz CT molecular complexity index is 903. The molecule has 128 valence electrons.